The Morgan fingerprint density at radius 3 is 2.71 bits per heavy atom. The van der Waals surface area contributed by atoms with Gasteiger partial charge < -0.3 is 5.73 Å². The van der Waals surface area contributed by atoms with Gasteiger partial charge in [0.1, 0.15) is 10.7 Å². The van der Waals surface area contributed by atoms with Gasteiger partial charge >= 0.3 is 0 Å². The first-order valence-electron chi connectivity index (χ1n) is 6.53. The van der Waals surface area contributed by atoms with Gasteiger partial charge in [-0.25, -0.2) is 17.5 Å². The maximum atomic E-state index is 13.4. The molecule has 4 nitrogen and oxygen atoms in total. The van der Waals surface area contributed by atoms with Crippen LogP contribution in [-0.2, 0) is 10.0 Å². The zero-order valence-electron chi connectivity index (χ0n) is 11.6. The Morgan fingerprint density at radius 1 is 1.43 bits per heavy atom. The van der Waals surface area contributed by atoms with E-state index in [1.807, 2.05) is 0 Å². The summed E-state index contributed by atoms with van der Waals surface area (Å²) in [6, 6.07) is 2.11. The molecule has 2 unspecified atom stereocenters. The third-order valence-corrected chi connectivity index (χ3v) is 5.73. The van der Waals surface area contributed by atoms with E-state index in [1.54, 1.807) is 0 Å². The van der Waals surface area contributed by atoms with E-state index in [0.717, 1.165) is 25.3 Å². The molecule has 0 heterocycles. The molecule has 0 aliphatic heterocycles. The molecule has 1 saturated carbocycles. The Balaban J connectivity index is 0.00000220. The largest absolute Gasteiger partial charge is 0.330 e. The van der Waals surface area contributed by atoms with Crippen LogP contribution in [0.15, 0.2) is 17.0 Å². The van der Waals surface area contributed by atoms with E-state index in [-0.39, 0.29) is 39.8 Å². The van der Waals surface area contributed by atoms with E-state index in [4.69, 9.17) is 17.3 Å². The lowest BCUT2D eigenvalue weighted by atomic mass is 10.1. The lowest BCUT2D eigenvalue weighted by molar-refractivity contribution is 0.453. The first kappa shape index (κ1) is 18.6. The van der Waals surface area contributed by atoms with Gasteiger partial charge in [-0.05, 0) is 49.9 Å². The minimum atomic E-state index is -3.76. The zero-order chi connectivity index (χ0) is 14.9. The monoisotopic (exact) mass is 356 g/mol. The lowest BCUT2D eigenvalue weighted by Crippen LogP contribution is -2.39. The molecule has 1 aliphatic rings. The molecule has 120 valence electrons. The SMILES string of the molecule is Cc1cc(S(=O)(=O)NC2CCCC2CN)c(Cl)cc1F.Cl. The van der Waals surface area contributed by atoms with Crippen molar-refractivity contribution in [2.75, 3.05) is 6.54 Å². The average Bonchev–Trinajstić information content (AvgIpc) is 2.80. The third kappa shape index (κ3) is 4.07. The number of halogens is 3. The summed E-state index contributed by atoms with van der Waals surface area (Å²) < 4.78 is 40.7. The fraction of sp³-hybridized carbons (Fsp3) is 0.538. The lowest BCUT2D eigenvalue weighted by Gasteiger charge is -2.20. The summed E-state index contributed by atoms with van der Waals surface area (Å²) in [6.07, 6.45) is 2.63. The van der Waals surface area contributed by atoms with Crippen molar-refractivity contribution in [3.8, 4) is 0 Å². The van der Waals surface area contributed by atoms with Crippen molar-refractivity contribution < 1.29 is 12.8 Å². The molecule has 0 radical (unpaired) electrons. The quantitative estimate of drug-likeness (QED) is 0.870. The molecule has 8 heteroatoms. The first-order chi connectivity index (χ1) is 9.35. The number of nitrogens with one attached hydrogen (secondary N) is 1. The Kier molecular flexibility index (Phi) is 6.43. The molecule has 0 amide bonds. The van der Waals surface area contributed by atoms with Crippen LogP contribution in [0.1, 0.15) is 24.8 Å². The molecule has 2 atom stereocenters. The van der Waals surface area contributed by atoms with Crippen LogP contribution in [0.5, 0.6) is 0 Å². The summed E-state index contributed by atoms with van der Waals surface area (Å²) in [7, 11) is -3.76. The van der Waals surface area contributed by atoms with Crippen molar-refractivity contribution in [1.29, 1.82) is 0 Å². The van der Waals surface area contributed by atoms with Gasteiger partial charge in [0.2, 0.25) is 10.0 Å². The summed E-state index contributed by atoms with van der Waals surface area (Å²) in [5.41, 5.74) is 5.89. The van der Waals surface area contributed by atoms with E-state index in [0.29, 0.717) is 6.54 Å². The Bertz CT molecular complexity index is 610. The van der Waals surface area contributed by atoms with E-state index >= 15 is 0 Å². The van der Waals surface area contributed by atoms with Crippen LogP contribution in [-0.4, -0.2) is 21.0 Å². The normalized spacial score (nSPS) is 22.1. The summed E-state index contributed by atoms with van der Waals surface area (Å²) >= 11 is 5.86. The zero-order valence-corrected chi connectivity index (χ0v) is 14.0. The summed E-state index contributed by atoms with van der Waals surface area (Å²) in [5, 5.41) is -0.108. The molecule has 1 fully saturated rings. The van der Waals surface area contributed by atoms with Crippen molar-refractivity contribution in [2.45, 2.75) is 37.1 Å². The van der Waals surface area contributed by atoms with Crippen molar-refractivity contribution in [1.82, 2.24) is 4.72 Å². The molecular formula is C13H19Cl2FN2O2S. The van der Waals surface area contributed by atoms with Crippen LogP contribution in [0.4, 0.5) is 4.39 Å². The van der Waals surface area contributed by atoms with Gasteiger partial charge in [0.25, 0.3) is 0 Å². The maximum Gasteiger partial charge on any atom is 0.242 e. The molecule has 3 N–H and O–H groups in total. The predicted molar refractivity (Wildman–Crippen MR) is 83.9 cm³/mol. The van der Waals surface area contributed by atoms with Crippen LogP contribution in [0, 0.1) is 18.7 Å². The second kappa shape index (κ2) is 7.24. The second-order valence-electron chi connectivity index (χ2n) is 5.19. The smallest absolute Gasteiger partial charge is 0.242 e. The number of sulfonamides is 1. The molecule has 2 rings (SSSR count). The van der Waals surface area contributed by atoms with Gasteiger partial charge in [0, 0.05) is 6.04 Å². The Labute approximate surface area is 135 Å². The van der Waals surface area contributed by atoms with Crippen molar-refractivity contribution >= 4 is 34.0 Å². The fourth-order valence-corrected chi connectivity index (χ4v) is 4.51. The molecule has 0 spiro atoms. The van der Waals surface area contributed by atoms with Crippen molar-refractivity contribution in [2.24, 2.45) is 11.7 Å². The summed E-state index contributed by atoms with van der Waals surface area (Å²) in [5.74, 6) is -0.375. The minimum absolute atomic E-state index is 0. The molecule has 0 bridgehead atoms. The number of rotatable bonds is 4. The molecule has 0 saturated heterocycles. The number of nitrogens with two attached hydrogens (primary N) is 1. The van der Waals surface area contributed by atoms with E-state index in [9.17, 15) is 12.8 Å². The van der Waals surface area contributed by atoms with Crippen molar-refractivity contribution in [3.63, 3.8) is 0 Å². The molecule has 0 aromatic heterocycles. The van der Waals surface area contributed by atoms with Gasteiger partial charge in [-0.15, -0.1) is 12.4 Å². The predicted octanol–water partition coefficient (Wildman–Crippen LogP) is 2.62. The van der Waals surface area contributed by atoms with Gasteiger partial charge in [0.15, 0.2) is 0 Å². The topological polar surface area (TPSA) is 72.2 Å². The number of hydrogen-bond donors (Lipinski definition) is 2. The molecular weight excluding hydrogens is 338 g/mol. The third-order valence-electron chi connectivity index (χ3n) is 3.77. The van der Waals surface area contributed by atoms with E-state index < -0.39 is 15.8 Å². The Morgan fingerprint density at radius 2 is 2.10 bits per heavy atom. The molecule has 21 heavy (non-hydrogen) atoms. The Hall–Kier alpha value is -0.400. The average molecular weight is 357 g/mol. The highest BCUT2D eigenvalue weighted by molar-refractivity contribution is 7.89. The molecule has 1 aromatic carbocycles. The molecule has 1 aromatic rings. The van der Waals surface area contributed by atoms with Crippen molar-refractivity contribution in [3.05, 3.63) is 28.5 Å². The summed E-state index contributed by atoms with van der Waals surface area (Å²) in [4.78, 5) is -0.0826. The first-order valence-corrected chi connectivity index (χ1v) is 8.39. The highest BCUT2D eigenvalue weighted by atomic mass is 35.5. The number of hydrogen-bond acceptors (Lipinski definition) is 3. The van der Waals surface area contributed by atoms with E-state index in [1.165, 1.54) is 13.0 Å². The second-order valence-corrected chi connectivity index (χ2v) is 7.28. The number of aryl methyl sites for hydroxylation is 1. The summed E-state index contributed by atoms with van der Waals surface area (Å²) in [6.45, 7) is 1.95. The van der Waals surface area contributed by atoms with Crippen LogP contribution in [0.3, 0.4) is 0 Å². The molecule has 1 aliphatic carbocycles. The maximum absolute atomic E-state index is 13.4. The highest BCUT2D eigenvalue weighted by Gasteiger charge is 2.31. The van der Waals surface area contributed by atoms with Gasteiger partial charge in [-0.3, -0.25) is 0 Å². The van der Waals surface area contributed by atoms with E-state index in [2.05, 4.69) is 4.72 Å². The standard InChI is InChI=1S/C13H18ClFN2O2S.ClH/c1-8-5-13(10(14)6-11(8)15)20(18,19)17-12-4-2-3-9(12)7-16;/h5-6,9,12,17H,2-4,7,16H2,1H3;1H. The fourth-order valence-electron chi connectivity index (χ4n) is 2.57. The van der Waals surface area contributed by atoms with Gasteiger partial charge in [0.05, 0.1) is 5.02 Å². The highest BCUT2D eigenvalue weighted by Crippen LogP contribution is 2.29. The van der Waals surface area contributed by atoms with Crippen LogP contribution < -0.4 is 10.5 Å². The number of benzene rings is 1. The van der Waals surface area contributed by atoms with Crippen LogP contribution in [0.2, 0.25) is 5.02 Å². The van der Waals surface area contributed by atoms with Gasteiger partial charge in [-0.1, -0.05) is 18.0 Å². The minimum Gasteiger partial charge on any atom is -0.330 e. The van der Waals surface area contributed by atoms with Crippen LogP contribution >= 0.6 is 24.0 Å². The van der Waals surface area contributed by atoms with Gasteiger partial charge in [-0.2, -0.15) is 0 Å². The van der Waals surface area contributed by atoms with Crippen LogP contribution in [0.25, 0.3) is 0 Å².